The van der Waals surface area contributed by atoms with Gasteiger partial charge in [-0.2, -0.15) is 5.10 Å². The molecule has 0 bridgehead atoms. The number of aromatic carboxylic acids is 1. The molecular formula is C11H12N4O3. The third-order valence-corrected chi connectivity index (χ3v) is 2.19. The summed E-state index contributed by atoms with van der Waals surface area (Å²) in [4.78, 5) is 18.2. The molecule has 2 rings (SSSR count). The lowest BCUT2D eigenvalue weighted by Gasteiger charge is -2.03. The molecule has 0 saturated heterocycles. The van der Waals surface area contributed by atoms with Gasteiger partial charge < -0.3 is 9.84 Å². The zero-order valence-electron chi connectivity index (χ0n) is 9.94. The zero-order valence-corrected chi connectivity index (χ0v) is 9.94. The van der Waals surface area contributed by atoms with Gasteiger partial charge >= 0.3 is 12.0 Å². The van der Waals surface area contributed by atoms with Crippen molar-refractivity contribution in [3.05, 3.63) is 30.4 Å². The lowest BCUT2D eigenvalue weighted by atomic mass is 10.4. The molecule has 2 aromatic rings. The fourth-order valence-electron chi connectivity index (χ4n) is 1.24. The van der Waals surface area contributed by atoms with Crippen molar-refractivity contribution in [3.8, 4) is 11.8 Å². The summed E-state index contributed by atoms with van der Waals surface area (Å²) in [6.07, 6.45) is 5.66. The highest BCUT2D eigenvalue weighted by molar-refractivity contribution is 5.86. The molecule has 2 aromatic heterocycles. The average molecular weight is 248 g/mol. The van der Waals surface area contributed by atoms with Crippen molar-refractivity contribution in [1.82, 2.24) is 19.7 Å². The van der Waals surface area contributed by atoms with Gasteiger partial charge in [-0.1, -0.05) is 0 Å². The van der Waals surface area contributed by atoms with Crippen LogP contribution in [0.15, 0.2) is 24.8 Å². The van der Waals surface area contributed by atoms with E-state index in [9.17, 15) is 4.79 Å². The van der Waals surface area contributed by atoms with Crippen molar-refractivity contribution in [1.29, 1.82) is 0 Å². The second-order valence-corrected chi connectivity index (χ2v) is 3.91. The van der Waals surface area contributed by atoms with E-state index in [4.69, 9.17) is 9.84 Å². The maximum Gasteiger partial charge on any atom is 0.338 e. The lowest BCUT2D eigenvalue weighted by Crippen LogP contribution is -2.00. The Morgan fingerprint density at radius 1 is 1.33 bits per heavy atom. The van der Waals surface area contributed by atoms with E-state index in [1.165, 1.54) is 12.4 Å². The molecular weight excluding hydrogens is 236 g/mol. The Bertz CT molecular complexity index is 548. The number of nitrogens with zero attached hydrogens (tertiary/aromatic N) is 4. The zero-order chi connectivity index (χ0) is 13.1. The minimum atomic E-state index is -1.07. The molecule has 0 radical (unpaired) electrons. The van der Waals surface area contributed by atoms with Gasteiger partial charge in [0, 0.05) is 18.4 Å². The number of hydrogen-bond donors (Lipinski definition) is 1. The number of ether oxygens (including phenoxy) is 1. The topological polar surface area (TPSA) is 90.1 Å². The van der Waals surface area contributed by atoms with Crippen LogP contribution in [0, 0.1) is 0 Å². The maximum absolute atomic E-state index is 10.6. The summed E-state index contributed by atoms with van der Waals surface area (Å²) in [6, 6.07) is 0.320. The number of aromatic nitrogens is 4. The minimum absolute atomic E-state index is 0.0141. The average Bonchev–Trinajstić information content (AvgIpc) is 2.78. The molecule has 1 N–H and O–H groups in total. The Balaban J connectivity index is 2.10. The van der Waals surface area contributed by atoms with Gasteiger partial charge in [0.15, 0.2) is 5.75 Å². The first-order valence-corrected chi connectivity index (χ1v) is 5.33. The fourth-order valence-corrected chi connectivity index (χ4v) is 1.24. The molecule has 7 heteroatoms. The SMILES string of the molecule is CC(C)n1cc(Oc2ncc(C(=O)O)cn2)cn1. The molecule has 0 amide bonds. The number of hydrogen-bond acceptors (Lipinski definition) is 5. The van der Waals surface area contributed by atoms with Crippen molar-refractivity contribution < 1.29 is 14.6 Å². The molecule has 2 heterocycles. The smallest absolute Gasteiger partial charge is 0.338 e. The van der Waals surface area contributed by atoms with E-state index >= 15 is 0 Å². The summed E-state index contributed by atoms with van der Waals surface area (Å²) in [7, 11) is 0. The van der Waals surface area contributed by atoms with Gasteiger partial charge in [-0.3, -0.25) is 4.68 Å². The van der Waals surface area contributed by atoms with Crippen LogP contribution in [0.25, 0.3) is 0 Å². The summed E-state index contributed by atoms with van der Waals surface area (Å²) < 4.78 is 7.08. The summed E-state index contributed by atoms with van der Waals surface area (Å²) in [5.41, 5.74) is 0.0141. The first-order valence-electron chi connectivity index (χ1n) is 5.33. The highest BCUT2D eigenvalue weighted by Gasteiger charge is 2.07. The van der Waals surface area contributed by atoms with Crippen LogP contribution in [0.3, 0.4) is 0 Å². The van der Waals surface area contributed by atoms with Crippen LogP contribution in [-0.4, -0.2) is 30.8 Å². The number of carbonyl (C=O) groups is 1. The molecule has 0 aromatic carbocycles. The van der Waals surface area contributed by atoms with Gasteiger partial charge in [0.25, 0.3) is 0 Å². The van der Waals surface area contributed by atoms with Crippen LogP contribution < -0.4 is 4.74 Å². The first-order chi connectivity index (χ1) is 8.56. The van der Waals surface area contributed by atoms with Crippen molar-refractivity contribution in [3.63, 3.8) is 0 Å². The third-order valence-electron chi connectivity index (χ3n) is 2.19. The molecule has 0 aliphatic rings. The highest BCUT2D eigenvalue weighted by Crippen LogP contribution is 2.17. The van der Waals surface area contributed by atoms with Crippen LogP contribution in [0.5, 0.6) is 11.8 Å². The summed E-state index contributed by atoms with van der Waals surface area (Å²) in [5, 5.41) is 12.8. The van der Waals surface area contributed by atoms with Gasteiger partial charge in [-0.15, -0.1) is 0 Å². The van der Waals surface area contributed by atoms with Gasteiger partial charge in [0.2, 0.25) is 0 Å². The molecule has 18 heavy (non-hydrogen) atoms. The quantitative estimate of drug-likeness (QED) is 0.886. The Morgan fingerprint density at radius 3 is 2.50 bits per heavy atom. The fraction of sp³-hybridized carbons (Fsp3) is 0.273. The molecule has 7 nitrogen and oxygen atoms in total. The van der Waals surface area contributed by atoms with Crippen molar-refractivity contribution in [2.24, 2.45) is 0 Å². The molecule has 0 fully saturated rings. The Kier molecular flexibility index (Phi) is 3.22. The maximum atomic E-state index is 10.6. The molecule has 0 aliphatic carbocycles. The van der Waals surface area contributed by atoms with E-state index in [0.29, 0.717) is 5.75 Å². The molecule has 0 aliphatic heterocycles. The number of rotatable bonds is 4. The van der Waals surface area contributed by atoms with Gasteiger partial charge in [0.1, 0.15) is 0 Å². The molecule has 94 valence electrons. The summed E-state index contributed by atoms with van der Waals surface area (Å²) >= 11 is 0. The van der Waals surface area contributed by atoms with Crippen molar-refractivity contribution >= 4 is 5.97 Å². The summed E-state index contributed by atoms with van der Waals surface area (Å²) in [5.74, 6) is -0.569. The molecule has 0 spiro atoms. The van der Waals surface area contributed by atoms with Crippen LogP contribution >= 0.6 is 0 Å². The lowest BCUT2D eigenvalue weighted by molar-refractivity contribution is 0.0696. The Labute approximate surface area is 103 Å². The van der Waals surface area contributed by atoms with Gasteiger partial charge in [-0.05, 0) is 13.8 Å². The largest absolute Gasteiger partial charge is 0.478 e. The monoisotopic (exact) mass is 248 g/mol. The normalized spacial score (nSPS) is 10.6. The van der Waals surface area contributed by atoms with Crippen LogP contribution in [0.2, 0.25) is 0 Å². The van der Waals surface area contributed by atoms with Crippen LogP contribution in [0.1, 0.15) is 30.2 Å². The van der Waals surface area contributed by atoms with Crippen LogP contribution in [-0.2, 0) is 0 Å². The first kappa shape index (κ1) is 12.0. The van der Waals surface area contributed by atoms with Crippen molar-refractivity contribution in [2.75, 3.05) is 0 Å². The van der Waals surface area contributed by atoms with Gasteiger partial charge in [0.05, 0.1) is 18.0 Å². The predicted octanol–water partition coefficient (Wildman–Crippen LogP) is 1.74. The number of carboxylic acids is 1. The van der Waals surface area contributed by atoms with E-state index in [2.05, 4.69) is 15.1 Å². The minimum Gasteiger partial charge on any atom is -0.478 e. The third kappa shape index (κ3) is 2.62. The van der Waals surface area contributed by atoms with Crippen molar-refractivity contribution in [2.45, 2.75) is 19.9 Å². The van der Waals surface area contributed by atoms with E-state index in [-0.39, 0.29) is 17.6 Å². The Morgan fingerprint density at radius 2 is 2.00 bits per heavy atom. The standard InChI is InChI=1S/C11H12N4O3/c1-7(2)15-6-9(5-14-15)18-11-12-3-8(4-13-11)10(16)17/h3-7H,1-2H3,(H,16,17). The predicted molar refractivity (Wildman–Crippen MR) is 61.7 cm³/mol. The van der Waals surface area contributed by atoms with E-state index in [1.54, 1.807) is 17.1 Å². The molecule has 0 saturated carbocycles. The molecule has 0 unspecified atom stereocenters. The molecule has 0 atom stereocenters. The van der Waals surface area contributed by atoms with Gasteiger partial charge in [-0.25, -0.2) is 14.8 Å². The Hall–Kier alpha value is -2.44. The summed E-state index contributed by atoms with van der Waals surface area (Å²) in [6.45, 7) is 3.99. The second-order valence-electron chi connectivity index (χ2n) is 3.91. The van der Waals surface area contributed by atoms with E-state index in [0.717, 1.165) is 0 Å². The van der Waals surface area contributed by atoms with E-state index in [1.807, 2.05) is 13.8 Å². The second kappa shape index (κ2) is 4.82. The number of carboxylic acid groups (broad SMARTS) is 1. The highest BCUT2D eigenvalue weighted by atomic mass is 16.5. The van der Waals surface area contributed by atoms with Crippen LogP contribution in [0.4, 0.5) is 0 Å². The van der Waals surface area contributed by atoms with E-state index < -0.39 is 5.97 Å².